The number of thioether (sulfide) groups is 1. The van der Waals surface area contributed by atoms with E-state index >= 15 is 0 Å². The normalized spacial score (nSPS) is 18.0. The number of carbonyl (C=O) groups is 4. The van der Waals surface area contributed by atoms with Crippen LogP contribution in [0.1, 0.15) is 43.1 Å². The average Bonchev–Trinajstić information content (AvgIpc) is 3.61. The lowest BCUT2D eigenvalue weighted by Gasteiger charge is -2.22. The molecule has 3 aromatic carbocycles. The van der Waals surface area contributed by atoms with Crippen LogP contribution in [0.15, 0.2) is 109 Å². The van der Waals surface area contributed by atoms with Crippen molar-refractivity contribution >= 4 is 52.1 Å². The molecule has 0 radical (unpaired) electrons. The summed E-state index contributed by atoms with van der Waals surface area (Å²) in [6.07, 6.45) is 0.535. The predicted octanol–water partition coefficient (Wildman–Crippen LogP) is 7.10. The van der Waals surface area contributed by atoms with Gasteiger partial charge in [-0.25, -0.2) is 19.1 Å². The number of aliphatic imine (C=N–C) groups is 1. The van der Waals surface area contributed by atoms with Gasteiger partial charge in [-0.3, -0.25) is 19.3 Å². The highest BCUT2D eigenvalue weighted by Crippen LogP contribution is 2.41. The number of ether oxygens (including phenoxy) is 2. The first-order chi connectivity index (χ1) is 22.7. The third-order valence-electron chi connectivity index (χ3n) is 6.96. The quantitative estimate of drug-likeness (QED) is 0.231. The molecule has 1 unspecified atom stereocenters. The van der Waals surface area contributed by atoms with Gasteiger partial charge < -0.3 is 14.8 Å². The second-order valence-electron chi connectivity index (χ2n) is 10.1. The number of amidine groups is 1. The van der Waals surface area contributed by atoms with Crippen molar-refractivity contribution in [2.45, 2.75) is 44.6 Å². The Balaban J connectivity index is 0.00000245. The molecule has 0 aromatic heterocycles. The Labute approximate surface area is 276 Å². The lowest BCUT2D eigenvalue weighted by atomic mass is 10.1. The van der Waals surface area contributed by atoms with E-state index in [-0.39, 0.29) is 37.7 Å². The van der Waals surface area contributed by atoms with Crippen LogP contribution in [0.5, 0.6) is 0 Å². The van der Waals surface area contributed by atoms with Crippen LogP contribution in [-0.2, 0) is 30.5 Å². The molecule has 2 aliphatic rings. The number of imide groups is 1. The molecule has 2 heterocycles. The van der Waals surface area contributed by atoms with Crippen molar-refractivity contribution in [3.05, 3.63) is 121 Å². The smallest absolute Gasteiger partial charge is 0.417 e. The summed E-state index contributed by atoms with van der Waals surface area (Å²) in [7, 11) is 0. The molecule has 0 spiro atoms. The van der Waals surface area contributed by atoms with Crippen molar-refractivity contribution in [2.75, 3.05) is 11.9 Å². The summed E-state index contributed by atoms with van der Waals surface area (Å²) in [6.45, 7) is 11.3. The zero-order chi connectivity index (χ0) is 33.9. The van der Waals surface area contributed by atoms with Crippen molar-refractivity contribution in [3.63, 3.8) is 0 Å². The van der Waals surface area contributed by atoms with Crippen molar-refractivity contribution < 1.29 is 33.0 Å². The van der Waals surface area contributed by atoms with Gasteiger partial charge >= 0.3 is 6.09 Å². The van der Waals surface area contributed by atoms with E-state index in [0.717, 1.165) is 10.5 Å². The largest absolute Gasteiger partial charge is 0.469 e. The molecule has 5 rings (SSSR count). The number of likely N-dealkylation sites (tertiary alicyclic amines) is 1. The molecule has 0 saturated carbocycles. The van der Waals surface area contributed by atoms with Gasteiger partial charge in [0.25, 0.3) is 0 Å². The monoisotopic (exact) mass is 658 g/mol. The third-order valence-corrected chi connectivity index (χ3v) is 8.19. The number of hydrogen-bond acceptors (Lipinski definition) is 8. The minimum absolute atomic E-state index is 0.0149. The van der Waals surface area contributed by atoms with E-state index in [1.807, 2.05) is 19.9 Å². The van der Waals surface area contributed by atoms with Crippen LogP contribution in [0.2, 0.25) is 0 Å². The molecule has 1 N–H and O–H groups in total. The first-order valence-electron chi connectivity index (χ1n) is 14.9. The molecule has 2 fully saturated rings. The topological polar surface area (TPSA) is 118 Å². The fraction of sp³-hybridized carbons (Fsp3) is 0.229. The van der Waals surface area contributed by atoms with Crippen molar-refractivity contribution in [3.8, 4) is 0 Å². The summed E-state index contributed by atoms with van der Waals surface area (Å²) < 4.78 is 24.3. The number of hydrogen-bond donors (Lipinski definition) is 1. The molecule has 4 amide bonds. The van der Waals surface area contributed by atoms with Gasteiger partial charge in [0.15, 0.2) is 5.17 Å². The molecular formula is C35H35FN4O6S. The van der Waals surface area contributed by atoms with Crippen LogP contribution < -0.4 is 5.32 Å². The minimum atomic E-state index is -1.02. The number of anilines is 1. The van der Waals surface area contributed by atoms with Crippen molar-refractivity contribution in [1.82, 2.24) is 9.80 Å². The van der Waals surface area contributed by atoms with Gasteiger partial charge in [0.2, 0.25) is 17.7 Å². The summed E-state index contributed by atoms with van der Waals surface area (Å²) >= 11 is 1.19. The second-order valence-corrected chi connectivity index (χ2v) is 11.2. The standard InChI is InChI=1S/C33H29FN4O6S.C2H6/c1-3-43-21(2)19-37-31(41)29(45-32(37)36-26-11-7-10-24(34)18-26)23-12-14-25(15-13-23)35-30(40)27-16-17-28(39)38(27)33(42)44-20-22-8-5-4-6-9-22;1-2/h3-15,18,27,29H,1-2,16-17,19-20H2,(H,35,40);1-2H3/t27-,29?;/m0./s1. The molecule has 0 bridgehead atoms. The third kappa shape index (κ3) is 8.73. The molecule has 244 valence electrons. The zero-order valence-electron chi connectivity index (χ0n) is 26.1. The van der Waals surface area contributed by atoms with E-state index in [2.05, 4.69) is 23.5 Å². The fourth-order valence-electron chi connectivity index (χ4n) is 4.80. The molecular weight excluding hydrogens is 623 g/mol. The summed E-state index contributed by atoms with van der Waals surface area (Å²) in [5.41, 5.74) is 2.14. The molecule has 2 aliphatic heterocycles. The van der Waals surface area contributed by atoms with Crippen LogP contribution in [0.3, 0.4) is 0 Å². The molecule has 12 heteroatoms. The van der Waals surface area contributed by atoms with E-state index in [1.54, 1.807) is 54.6 Å². The van der Waals surface area contributed by atoms with Gasteiger partial charge in [-0.2, -0.15) is 0 Å². The highest BCUT2D eigenvalue weighted by molar-refractivity contribution is 8.15. The number of halogens is 1. The predicted molar refractivity (Wildman–Crippen MR) is 179 cm³/mol. The van der Waals surface area contributed by atoms with E-state index in [1.165, 1.54) is 41.1 Å². The Hall–Kier alpha value is -5.23. The van der Waals surface area contributed by atoms with Crippen LogP contribution in [-0.4, -0.2) is 51.4 Å². The Kier molecular flexibility index (Phi) is 12.1. The number of rotatable bonds is 10. The van der Waals surface area contributed by atoms with Crippen molar-refractivity contribution in [2.24, 2.45) is 4.99 Å². The SMILES string of the molecule is C=COC(=C)CN1C(=O)C(c2ccc(NC(=O)[C@@H]3CCC(=O)N3C(=O)OCc3ccccc3)cc2)SC1=Nc1cccc(F)c1.CC. The first-order valence-corrected chi connectivity index (χ1v) is 15.8. The fourth-order valence-corrected chi connectivity index (χ4v) is 5.97. The highest BCUT2D eigenvalue weighted by atomic mass is 32.2. The highest BCUT2D eigenvalue weighted by Gasteiger charge is 2.42. The van der Waals surface area contributed by atoms with E-state index in [9.17, 15) is 23.6 Å². The maximum atomic E-state index is 13.8. The Bertz CT molecular complexity index is 1660. The van der Waals surface area contributed by atoms with Gasteiger partial charge in [0, 0.05) is 12.1 Å². The maximum Gasteiger partial charge on any atom is 0.417 e. The van der Waals surface area contributed by atoms with Gasteiger partial charge in [-0.1, -0.05) is 87.3 Å². The van der Waals surface area contributed by atoms with Gasteiger partial charge in [-0.15, -0.1) is 0 Å². The van der Waals surface area contributed by atoms with Crippen LogP contribution in [0.25, 0.3) is 0 Å². The molecule has 10 nitrogen and oxygen atoms in total. The lowest BCUT2D eigenvalue weighted by molar-refractivity contribution is -0.131. The summed E-state index contributed by atoms with van der Waals surface area (Å²) in [5.74, 6) is -1.49. The molecule has 3 aromatic rings. The van der Waals surface area contributed by atoms with Gasteiger partial charge in [0.05, 0.1) is 18.5 Å². The number of amides is 4. The Morgan fingerprint density at radius 1 is 1.06 bits per heavy atom. The lowest BCUT2D eigenvalue weighted by Crippen LogP contribution is -2.45. The molecule has 2 saturated heterocycles. The summed E-state index contributed by atoms with van der Waals surface area (Å²) in [5, 5.41) is 2.41. The number of nitrogens with zero attached hydrogens (tertiary/aromatic N) is 3. The van der Waals surface area contributed by atoms with E-state index in [0.29, 0.717) is 22.1 Å². The molecule has 2 atom stereocenters. The van der Waals surface area contributed by atoms with Gasteiger partial charge in [-0.05, 0) is 47.9 Å². The van der Waals surface area contributed by atoms with Crippen LogP contribution in [0.4, 0.5) is 20.6 Å². The molecule has 0 aliphatic carbocycles. The summed E-state index contributed by atoms with van der Waals surface area (Å²) in [6, 6.07) is 20.3. The second kappa shape index (κ2) is 16.4. The van der Waals surface area contributed by atoms with Crippen LogP contribution >= 0.6 is 11.8 Å². The Morgan fingerprint density at radius 3 is 2.47 bits per heavy atom. The Morgan fingerprint density at radius 2 is 1.79 bits per heavy atom. The number of carbonyl (C=O) groups excluding carboxylic acids is 4. The average molecular weight is 659 g/mol. The van der Waals surface area contributed by atoms with E-state index < -0.39 is 35.0 Å². The van der Waals surface area contributed by atoms with Gasteiger partial charge in [0.1, 0.15) is 29.5 Å². The molecule has 47 heavy (non-hydrogen) atoms. The minimum Gasteiger partial charge on any atom is -0.469 e. The van der Waals surface area contributed by atoms with Crippen molar-refractivity contribution in [1.29, 1.82) is 0 Å². The first kappa shape index (κ1) is 34.6. The van der Waals surface area contributed by atoms with Crippen LogP contribution in [0, 0.1) is 5.82 Å². The van der Waals surface area contributed by atoms with E-state index in [4.69, 9.17) is 9.47 Å². The zero-order valence-corrected chi connectivity index (χ0v) is 26.9. The number of benzene rings is 3. The maximum absolute atomic E-state index is 13.8. The summed E-state index contributed by atoms with van der Waals surface area (Å²) in [4.78, 5) is 58.6. The number of nitrogens with one attached hydrogen (secondary N) is 1.